The van der Waals surface area contributed by atoms with E-state index in [1.807, 2.05) is 0 Å². The highest BCUT2D eigenvalue weighted by Crippen LogP contribution is 2.29. The van der Waals surface area contributed by atoms with E-state index in [9.17, 15) is 14.9 Å². The molecular formula is C13H13BrN4O4. The monoisotopic (exact) mass is 368 g/mol. The lowest BCUT2D eigenvalue weighted by molar-refractivity contribution is -0.384. The summed E-state index contributed by atoms with van der Waals surface area (Å²) in [6, 6.07) is 4.26. The van der Waals surface area contributed by atoms with Gasteiger partial charge in [0.2, 0.25) is 5.91 Å². The Labute approximate surface area is 134 Å². The molecule has 0 bridgehead atoms. The molecule has 1 amide bonds. The van der Waals surface area contributed by atoms with Crippen LogP contribution < -0.4 is 10.1 Å². The van der Waals surface area contributed by atoms with Crippen LogP contribution in [0.4, 0.5) is 11.4 Å². The van der Waals surface area contributed by atoms with Gasteiger partial charge >= 0.3 is 0 Å². The molecule has 22 heavy (non-hydrogen) atoms. The van der Waals surface area contributed by atoms with Crippen molar-refractivity contribution >= 4 is 33.2 Å². The molecule has 1 N–H and O–H groups in total. The van der Waals surface area contributed by atoms with Crippen molar-refractivity contribution in [2.45, 2.75) is 13.0 Å². The molecule has 9 heteroatoms. The number of nitro groups is 1. The number of nitro benzene ring substituents is 1. The number of nitrogens with zero attached hydrogens (tertiary/aromatic N) is 3. The number of hydrogen-bond acceptors (Lipinski definition) is 5. The van der Waals surface area contributed by atoms with Crippen LogP contribution in [0.1, 0.15) is 6.42 Å². The number of ether oxygens (including phenoxy) is 1. The van der Waals surface area contributed by atoms with Crippen molar-refractivity contribution in [2.75, 3.05) is 12.4 Å². The second kappa shape index (κ2) is 7.03. The molecule has 1 heterocycles. The summed E-state index contributed by atoms with van der Waals surface area (Å²) in [7, 11) is 1.42. The molecule has 1 aromatic heterocycles. The average Bonchev–Trinajstić information content (AvgIpc) is 2.91. The Morgan fingerprint density at radius 1 is 1.55 bits per heavy atom. The van der Waals surface area contributed by atoms with Gasteiger partial charge in [-0.2, -0.15) is 5.10 Å². The Morgan fingerprint density at radius 2 is 2.32 bits per heavy atom. The highest BCUT2D eigenvalue weighted by molar-refractivity contribution is 9.10. The van der Waals surface area contributed by atoms with Gasteiger partial charge in [0.1, 0.15) is 11.4 Å². The van der Waals surface area contributed by atoms with E-state index in [4.69, 9.17) is 4.74 Å². The molecule has 2 aromatic rings. The number of halogens is 1. The normalized spacial score (nSPS) is 10.3. The summed E-state index contributed by atoms with van der Waals surface area (Å²) in [6.07, 6.45) is 3.51. The zero-order valence-corrected chi connectivity index (χ0v) is 13.2. The number of carbonyl (C=O) groups excluding carboxylic acids is 1. The molecule has 0 aliphatic rings. The first-order valence-electron chi connectivity index (χ1n) is 6.30. The fourth-order valence-corrected chi connectivity index (χ4v) is 2.11. The van der Waals surface area contributed by atoms with Crippen LogP contribution >= 0.6 is 15.9 Å². The van der Waals surface area contributed by atoms with E-state index in [1.165, 1.54) is 19.2 Å². The Hall–Kier alpha value is -2.42. The summed E-state index contributed by atoms with van der Waals surface area (Å²) in [4.78, 5) is 22.4. The van der Waals surface area contributed by atoms with Crippen molar-refractivity contribution in [1.29, 1.82) is 0 Å². The molecule has 0 aliphatic carbocycles. The fraction of sp³-hybridized carbons (Fsp3) is 0.231. The minimum absolute atomic E-state index is 0.137. The van der Waals surface area contributed by atoms with E-state index in [-0.39, 0.29) is 23.7 Å². The molecular weight excluding hydrogens is 356 g/mol. The van der Waals surface area contributed by atoms with E-state index in [1.54, 1.807) is 23.1 Å². The molecule has 0 unspecified atom stereocenters. The van der Waals surface area contributed by atoms with Gasteiger partial charge in [0.25, 0.3) is 5.69 Å². The number of rotatable bonds is 6. The van der Waals surface area contributed by atoms with E-state index in [0.717, 1.165) is 4.47 Å². The molecule has 0 saturated carbocycles. The molecule has 0 saturated heterocycles. The zero-order valence-electron chi connectivity index (χ0n) is 11.7. The minimum Gasteiger partial charge on any atom is -0.496 e. The largest absolute Gasteiger partial charge is 0.496 e. The lowest BCUT2D eigenvalue weighted by atomic mass is 10.2. The van der Waals surface area contributed by atoms with Gasteiger partial charge in [0.15, 0.2) is 0 Å². The molecule has 0 spiro atoms. The molecule has 8 nitrogen and oxygen atoms in total. The summed E-state index contributed by atoms with van der Waals surface area (Å²) in [5, 5.41) is 17.6. The second-order valence-electron chi connectivity index (χ2n) is 4.36. The SMILES string of the molecule is COc1ccc(NC(=O)CCn2cc(Br)cn2)c([N+](=O)[O-])c1. The van der Waals surface area contributed by atoms with E-state index in [2.05, 4.69) is 26.3 Å². The van der Waals surface area contributed by atoms with Crippen LogP contribution in [-0.4, -0.2) is 27.7 Å². The van der Waals surface area contributed by atoms with Crippen LogP contribution in [0.2, 0.25) is 0 Å². The number of amides is 1. The van der Waals surface area contributed by atoms with Gasteiger partial charge in [-0.1, -0.05) is 0 Å². The Morgan fingerprint density at radius 3 is 2.91 bits per heavy atom. The maximum absolute atomic E-state index is 11.9. The third kappa shape index (κ3) is 4.04. The lowest BCUT2D eigenvalue weighted by Gasteiger charge is -2.07. The first-order chi connectivity index (χ1) is 10.5. The van der Waals surface area contributed by atoms with Crippen molar-refractivity contribution in [3.63, 3.8) is 0 Å². The number of hydrogen-bond donors (Lipinski definition) is 1. The molecule has 1 aromatic carbocycles. The van der Waals surface area contributed by atoms with Gasteiger partial charge in [-0.05, 0) is 28.1 Å². The van der Waals surface area contributed by atoms with Crippen LogP contribution in [0.15, 0.2) is 35.1 Å². The minimum atomic E-state index is -0.567. The number of benzene rings is 1. The summed E-state index contributed by atoms with van der Waals surface area (Å²) in [6.45, 7) is 0.376. The number of carbonyl (C=O) groups is 1. The molecule has 0 aliphatic heterocycles. The highest BCUT2D eigenvalue weighted by atomic mass is 79.9. The molecule has 0 radical (unpaired) electrons. The Balaban J connectivity index is 2.03. The highest BCUT2D eigenvalue weighted by Gasteiger charge is 2.17. The standard InChI is InChI=1S/C13H13BrN4O4/c1-22-10-2-3-11(12(6-10)18(20)21)16-13(19)4-5-17-8-9(14)7-15-17/h2-3,6-8H,4-5H2,1H3,(H,16,19). The maximum Gasteiger partial charge on any atom is 0.296 e. The number of anilines is 1. The lowest BCUT2D eigenvalue weighted by Crippen LogP contribution is -2.15. The molecule has 116 valence electrons. The van der Waals surface area contributed by atoms with Crippen molar-refractivity contribution in [3.8, 4) is 5.75 Å². The average molecular weight is 369 g/mol. The third-order valence-corrected chi connectivity index (χ3v) is 3.25. The summed E-state index contributed by atoms with van der Waals surface area (Å²) < 4.78 is 7.36. The van der Waals surface area contributed by atoms with Gasteiger partial charge in [0, 0.05) is 19.2 Å². The van der Waals surface area contributed by atoms with Gasteiger partial charge in [-0.15, -0.1) is 0 Å². The predicted octanol–water partition coefficient (Wildman–Crippen LogP) is 2.59. The number of aromatic nitrogens is 2. The third-order valence-electron chi connectivity index (χ3n) is 2.85. The van der Waals surface area contributed by atoms with Gasteiger partial charge in [-0.25, -0.2) is 0 Å². The zero-order chi connectivity index (χ0) is 16.1. The van der Waals surface area contributed by atoms with Crippen LogP contribution in [-0.2, 0) is 11.3 Å². The van der Waals surface area contributed by atoms with Crippen LogP contribution in [0.5, 0.6) is 5.75 Å². The van der Waals surface area contributed by atoms with Gasteiger partial charge < -0.3 is 10.1 Å². The topological polar surface area (TPSA) is 99.3 Å². The van der Waals surface area contributed by atoms with Gasteiger partial charge in [-0.3, -0.25) is 19.6 Å². The first kappa shape index (κ1) is 16.0. The second-order valence-corrected chi connectivity index (χ2v) is 5.28. The van der Waals surface area contributed by atoms with E-state index in [0.29, 0.717) is 12.3 Å². The van der Waals surface area contributed by atoms with Crippen molar-refractivity contribution in [3.05, 3.63) is 45.2 Å². The van der Waals surface area contributed by atoms with Gasteiger partial charge in [0.05, 0.1) is 28.8 Å². The number of methoxy groups -OCH3 is 1. The van der Waals surface area contributed by atoms with Crippen molar-refractivity contribution < 1.29 is 14.5 Å². The Kier molecular flexibility index (Phi) is 5.10. The van der Waals surface area contributed by atoms with Crippen LogP contribution in [0.3, 0.4) is 0 Å². The summed E-state index contributed by atoms with van der Waals surface area (Å²) >= 11 is 3.26. The number of nitrogens with one attached hydrogen (secondary N) is 1. The quantitative estimate of drug-likeness (QED) is 0.623. The van der Waals surface area contributed by atoms with Crippen molar-refractivity contribution in [2.24, 2.45) is 0 Å². The maximum atomic E-state index is 11.9. The smallest absolute Gasteiger partial charge is 0.296 e. The molecule has 0 fully saturated rings. The first-order valence-corrected chi connectivity index (χ1v) is 7.09. The van der Waals surface area contributed by atoms with E-state index >= 15 is 0 Å². The predicted molar refractivity (Wildman–Crippen MR) is 82.8 cm³/mol. The van der Waals surface area contributed by atoms with E-state index < -0.39 is 4.92 Å². The summed E-state index contributed by atoms with van der Waals surface area (Å²) in [5.41, 5.74) is -0.0769. The fourth-order valence-electron chi connectivity index (χ4n) is 1.78. The number of aryl methyl sites for hydroxylation is 1. The van der Waals surface area contributed by atoms with Crippen LogP contribution in [0, 0.1) is 10.1 Å². The Bertz CT molecular complexity index is 701. The summed E-state index contributed by atoms with van der Waals surface area (Å²) in [5.74, 6) is 0.0194. The van der Waals surface area contributed by atoms with Crippen molar-refractivity contribution in [1.82, 2.24) is 9.78 Å². The molecule has 0 atom stereocenters. The van der Waals surface area contributed by atoms with Crippen LogP contribution in [0.25, 0.3) is 0 Å². The molecule has 2 rings (SSSR count).